The molecule has 1 fully saturated rings. The number of ether oxygens (including phenoxy) is 1. The summed E-state index contributed by atoms with van der Waals surface area (Å²) in [6.45, 7) is 4.37. The van der Waals surface area contributed by atoms with Crippen LogP contribution >= 0.6 is 0 Å². The Labute approximate surface area is 169 Å². The molecule has 152 valence electrons. The van der Waals surface area contributed by atoms with Gasteiger partial charge < -0.3 is 20.7 Å². The summed E-state index contributed by atoms with van der Waals surface area (Å²) < 4.78 is 19.0. The molecule has 8 heteroatoms. The lowest BCUT2D eigenvalue weighted by Crippen LogP contribution is -2.54. The second-order valence-electron chi connectivity index (χ2n) is 6.92. The quantitative estimate of drug-likeness (QED) is 0.811. The summed E-state index contributed by atoms with van der Waals surface area (Å²) in [7, 11) is 0. The van der Waals surface area contributed by atoms with Crippen LogP contribution in [0.3, 0.4) is 0 Å². The molecule has 2 aromatic carbocycles. The Hall–Kier alpha value is -3.29. The number of aliphatic imine (C=N–C) groups is 2. The van der Waals surface area contributed by atoms with Gasteiger partial charge in [-0.25, -0.2) is 9.38 Å². The molecule has 7 nitrogen and oxygen atoms in total. The largest absolute Gasteiger partial charge is 0.494 e. The molecule has 1 unspecified atom stereocenters. The predicted molar refractivity (Wildman–Crippen MR) is 114 cm³/mol. The zero-order chi connectivity index (χ0) is 20.2. The molecular formula is C21H25FN6O. The number of halogens is 1. The molecule has 2 aliphatic heterocycles. The number of nitrogens with one attached hydrogen (secondary N) is 1. The van der Waals surface area contributed by atoms with E-state index >= 15 is 0 Å². The fraction of sp³-hybridized carbons (Fsp3) is 0.333. The third kappa shape index (κ3) is 4.26. The van der Waals surface area contributed by atoms with Gasteiger partial charge in [-0.3, -0.25) is 4.90 Å². The lowest BCUT2D eigenvalue weighted by molar-refractivity contribution is 0.340. The highest BCUT2D eigenvalue weighted by Crippen LogP contribution is 2.26. The predicted octanol–water partition coefficient (Wildman–Crippen LogP) is 3.21. The maximum Gasteiger partial charge on any atom is 0.222 e. The summed E-state index contributed by atoms with van der Waals surface area (Å²) >= 11 is 0. The van der Waals surface area contributed by atoms with Crippen molar-refractivity contribution in [2.24, 2.45) is 15.7 Å². The molecule has 1 atom stereocenters. The standard InChI is InChI=1S/C21H25FN6O/c1-2-29-18-11-7-16(8-12-18)24-20-25-19(23)26-21(27-13-3-4-14-27)28(20)17-9-5-15(22)6-10-17/h5-12,20,24H,2-4,13-14H2,1H3,(H2,23,25). The van der Waals surface area contributed by atoms with Gasteiger partial charge in [0.25, 0.3) is 0 Å². The topological polar surface area (TPSA) is 78.5 Å². The average molecular weight is 396 g/mol. The molecular weight excluding hydrogens is 371 g/mol. The van der Waals surface area contributed by atoms with Gasteiger partial charge in [0.1, 0.15) is 11.6 Å². The van der Waals surface area contributed by atoms with Gasteiger partial charge in [0.2, 0.25) is 18.2 Å². The van der Waals surface area contributed by atoms with Crippen LogP contribution in [-0.2, 0) is 0 Å². The first-order valence-electron chi connectivity index (χ1n) is 9.85. The zero-order valence-electron chi connectivity index (χ0n) is 16.4. The number of guanidine groups is 2. The minimum Gasteiger partial charge on any atom is -0.494 e. The fourth-order valence-corrected chi connectivity index (χ4v) is 3.54. The van der Waals surface area contributed by atoms with E-state index in [4.69, 9.17) is 10.5 Å². The maximum atomic E-state index is 13.5. The number of benzene rings is 2. The molecule has 0 amide bonds. The normalized spacial score (nSPS) is 19.0. The number of hydrogen-bond donors (Lipinski definition) is 2. The van der Waals surface area contributed by atoms with E-state index in [0.29, 0.717) is 6.61 Å². The molecule has 1 saturated heterocycles. The van der Waals surface area contributed by atoms with Gasteiger partial charge in [0.15, 0.2) is 0 Å². The van der Waals surface area contributed by atoms with E-state index in [-0.39, 0.29) is 11.8 Å². The summed E-state index contributed by atoms with van der Waals surface area (Å²) in [5, 5.41) is 3.40. The molecule has 29 heavy (non-hydrogen) atoms. The summed E-state index contributed by atoms with van der Waals surface area (Å²) in [4.78, 5) is 13.2. The van der Waals surface area contributed by atoms with Gasteiger partial charge in [-0.15, -0.1) is 0 Å². The van der Waals surface area contributed by atoms with Crippen molar-refractivity contribution in [3.05, 3.63) is 54.3 Å². The second-order valence-corrected chi connectivity index (χ2v) is 6.92. The summed E-state index contributed by atoms with van der Waals surface area (Å²) in [6, 6.07) is 14.0. The Kier molecular flexibility index (Phi) is 5.50. The Bertz CT molecular complexity index is 890. The van der Waals surface area contributed by atoms with Crippen LogP contribution < -0.4 is 20.7 Å². The van der Waals surface area contributed by atoms with Crippen LogP contribution in [0.4, 0.5) is 15.8 Å². The first-order chi connectivity index (χ1) is 14.1. The molecule has 0 bridgehead atoms. The SMILES string of the molecule is CCOc1ccc(NC2N=C(N)N=C(N3CCCC3)N2c2ccc(F)cc2)cc1. The average Bonchev–Trinajstić information content (AvgIpc) is 3.25. The van der Waals surface area contributed by atoms with Crippen molar-refractivity contribution in [1.29, 1.82) is 0 Å². The molecule has 0 spiro atoms. The highest BCUT2D eigenvalue weighted by Gasteiger charge is 2.32. The Balaban J connectivity index is 1.65. The molecule has 2 aromatic rings. The Morgan fingerprint density at radius 3 is 2.45 bits per heavy atom. The van der Waals surface area contributed by atoms with E-state index in [1.807, 2.05) is 36.1 Å². The minimum absolute atomic E-state index is 0.216. The van der Waals surface area contributed by atoms with Crippen molar-refractivity contribution in [1.82, 2.24) is 4.90 Å². The van der Waals surface area contributed by atoms with Crippen LogP contribution in [0.5, 0.6) is 5.75 Å². The maximum absolute atomic E-state index is 13.5. The number of likely N-dealkylation sites (tertiary alicyclic amines) is 1. The number of anilines is 2. The van der Waals surface area contributed by atoms with Gasteiger partial charge in [0, 0.05) is 24.5 Å². The summed E-state index contributed by atoms with van der Waals surface area (Å²) in [5.41, 5.74) is 7.71. The van der Waals surface area contributed by atoms with Gasteiger partial charge in [-0.1, -0.05) is 0 Å². The van der Waals surface area contributed by atoms with Crippen LogP contribution in [0, 0.1) is 5.82 Å². The van der Waals surface area contributed by atoms with Crippen molar-refractivity contribution in [2.75, 3.05) is 29.9 Å². The number of rotatable bonds is 5. The summed E-state index contributed by atoms with van der Waals surface area (Å²) in [6.07, 6.45) is 1.70. The molecule has 3 N–H and O–H groups in total. The fourth-order valence-electron chi connectivity index (χ4n) is 3.54. The molecule has 4 rings (SSSR count). The molecule has 2 heterocycles. The minimum atomic E-state index is -0.508. The van der Waals surface area contributed by atoms with Crippen LogP contribution in [0.25, 0.3) is 0 Å². The Morgan fingerprint density at radius 1 is 1.10 bits per heavy atom. The number of nitrogens with zero attached hydrogens (tertiary/aromatic N) is 4. The van der Waals surface area contributed by atoms with E-state index in [1.165, 1.54) is 12.1 Å². The highest BCUT2D eigenvalue weighted by atomic mass is 19.1. The summed E-state index contributed by atoms with van der Waals surface area (Å²) in [5.74, 6) is 1.46. The van der Waals surface area contributed by atoms with Crippen LogP contribution in [0.2, 0.25) is 0 Å². The van der Waals surface area contributed by atoms with E-state index in [1.54, 1.807) is 12.1 Å². The van der Waals surface area contributed by atoms with Crippen molar-refractivity contribution < 1.29 is 9.13 Å². The van der Waals surface area contributed by atoms with Crippen molar-refractivity contribution in [3.8, 4) is 5.75 Å². The molecule has 0 saturated carbocycles. The third-order valence-corrected chi connectivity index (χ3v) is 4.88. The first kappa shape index (κ1) is 19.0. The molecule has 2 aliphatic rings. The number of hydrogen-bond acceptors (Lipinski definition) is 7. The lowest BCUT2D eigenvalue weighted by Gasteiger charge is -2.38. The molecule has 0 aliphatic carbocycles. The van der Waals surface area contributed by atoms with Gasteiger partial charge >= 0.3 is 0 Å². The zero-order valence-corrected chi connectivity index (χ0v) is 16.4. The lowest BCUT2D eigenvalue weighted by atomic mass is 10.2. The Morgan fingerprint density at radius 2 is 1.79 bits per heavy atom. The van der Waals surface area contributed by atoms with E-state index in [2.05, 4.69) is 20.2 Å². The highest BCUT2D eigenvalue weighted by molar-refractivity contribution is 6.06. The van der Waals surface area contributed by atoms with Gasteiger partial charge in [-0.2, -0.15) is 4.99 Å². The second kappa shape index (κ2) is 8.38. The van der Waals surface area contributed by atoms with Crippen LogP contribution in [-0.4, -0.2) is 42.8 Å². The monoisotopic (exact) mass is 396 g/mol. The van der Waals surface area contributed by atoms with Gasteiger partial charge in [0.05, 0.1) is 6.61 Å². The van der Waals surface area contributed by atoms with E-state index in [0.717, 1.165) is 49.0 Å². The molecule has 0 radical (unpaired) electrons. The molecule has 0 aromatic heterocycles. The van der Waals surface area contributed by atoms with Crippen molar-refractivity contribution in [3.63, 3.8) is 0 Å². The third-order valence-electron chi connectivity index (χ3n) is 4.88. The van der Waals surface area contributed by atoms with Crippen LogP contribution in [0.1, 0.15) is 19.8 Å². The van der Waals surface area contributed by atoms with Crippen molar-refractivity contribution >= 4 is 23.3 Å². The van der Waals surface area contributed by atoms with E-state index < -0.39 is 6.29 Å². The first-order valence-corrected chi connectivity index (χ1v) is 9.85. The van der Waals surface area contributed by atoms with Crippen LogP contribution in [0.15, 0.2) is 58.5 Å². The van der Waals surface area contributed by atoms with E-state index in [9.17, 15) is 4.39 Å². The van der Waals surface area contributed by atoms with Crippen molar-refractivity contribution in [2.45, 2.75) is 26.1 Å². The smallest absolute Gasteiger partial charge is 0.222 e. The van der Waals surface area contributed by atoms with Gasteiger partial charge in [-0.05, 0) is 68.3 Å². The number of nitrogens with two attached hydrogens (primary N) is 1.